The van der Waals surface area contributed by atoms with E-state index < -0.39 is 18.5 Å². The zero-order valence-corrected chi connectivity index (χ0v) is 18.5. The second-order valence-corrected chi connectivity index (χ2v) is 7.63. The summed E-state index contributed by atoms with van der Waals surface area (Å²) in [5.41, 5.74) is 3.23. The number of nitrogens with one attached hydrogen (secondary N) is 1. The zero-order valence-electron chi connectivity index (χ0n) is 18.5. The number of hydrogen-bond acceptors (Lipinski definition) is 5. The number of halogens is 1. The summed E-state index contributed by atoms with van der Waals surface area (Å²) >= 11 is 0. The first-order valence-electron chi connectivity index (χ1n) is 10.3. The molecule has 1 N–H and O–H groups in total. The largest absolute Gasteiger partial charge is 0.467 e. The van der Waals surface area contributed by atoms with Gasteiger partial charge in [-0.2, -0.15) is 5.10 Å². The number of aromatic nitrogens is 3. The molecule has 0 saturated carbocycles. The monoisotopic (exact) mass is 450 g/mol. The molecule has 0 fully saturated rings. The normalized spacial score (nSPS) is 10.9. The van der Waals surface area contributed by atoms with Crippen molar-refractivity contribution in [2.24, 2.45) is 0 Å². The number of carbonyl (C=O) groups excluding carboxylic acids is 2. The number of nitrogens with zero attached hydrogens (tertiary/aromatic N) is 3. The fourth-order valence-corrected chi connectivity index (χ4v) is 3.56. The molecule has 4 aromatic rings. The van der Waals surface area contributed by atoms with Crippen LogP contribution in [0.25, 0.3) is 5.69 Å². The first kappa shape index (κ1) is 22.1. The van der Waals surface area contributed by atoms with Crippen LogP contribution in [-0.2, 0) is 16.1 Å². The van der Waals surface area contributed by atoms with Gasteiger partial charge in [0.25, 0.3) is 5.91 Å². The Morgan fingerprint density at radius 1 is 1.12 bits per heavy atom. The average molecular weight is 450 g/mol. The highest BCUT2D eigenvalue weighted by Gasteiger charge is 2.19. The molecule has 33 heavy (non-hydrogen) atoms. The Morgan fingerprint density at radius 3 is 2.58 bits per heavy atom. The molecular formula is C24H23FN4O4. The summed E-state index contributed by atoms with van der Waals surface area (Å²) in [6.45, 7) is 5.50. The smallest absolute Gasteiger partial charge is 0.340 e. The molecule has 170 valence electrons. The average Bonchev–Trinajstić information content (AvgIpc) is 3.49. The molecule has 9 heteroatoms. The van der Waals surface area contributed by atoms with Gasteiger partial charge in [-0.05, 0) is 63.2 Å². The quantitative estimate of drug-likeness (QED) is 0.427. The van der Waals surface area contributed by atoms with Crippen LogP contribution in [0.2, 0.25) is 0 Å². The van der Waals surface area contributed by atoms with Crippen LogP contribution in [0.5, 0.6) is 0 Å². The van der Waals surface area contributed by atoms with Crippen molar-refractivity contribution in [3.63, 3.8) is 0 Å². The van der Waals surface area contributed by atoms with E-state index in [4.69, 9.17) is 9.15 Å². The highest BCUT2D eigenvalue weighted by atomic mass is 19.1. The Bertz CT molecular complexity index is 1290. The molecule has 1 aromatic carbocycles. The summed E-state index contributed by atoms with van der Waals surface area (Å²) in [5, 5.41) is 7.01. The van der Waals surface area contributed by atoms with E-state index in [1.807, 2.05) is 24.5 Å². The molecular weight excluding hydrogens is 427 g/mol. The van der Waals surface area contributed by atoms with Crippen molar-refractivity contribution in [3.05, 3.63) is 89.0 Å². The van der Waals surface area contributed by atoms with Crippen LogP contribution >= 0.6 is 0 Å². The summed E-state index contributed by atoms with van der Waals surface area (Å²) in [7, 11) is 0. The number of benzene rings is 1. The number of esters is 1. The highest BCUT2D eigenvalue weighted by molar-refractivity contribution is 5.96. The van der Waals surface area contributed by atoms with Crippen LogP contribution in [0, 0.1) is 26.6 Å². The van der Waals surface area contributed by atoms with Crippen molar-refractivity contribution in [2.45, 2.75) is 27.3 Å². The predicted octanol–water partition coefficient (Wildman–Crippen LogP) is 4.17. The topological polar surface area (TPSA) is 91.3 Å². The van der Waals surface area contributed by atoms with E-state index in [0.717, 1.165) is 17.1 Å². The minimum Gasteiger partial charge on any atom is -0.467 e. The minimum absolute atomic E-state index is 0.372. The summed E-state index contributed by atoms with van der Waals surface area (Å²) in [6, 6.07) is 12.8. The maximum Gasteiger partial charge on any atom is 0.340 e. The van der Waals surface area contributed by atoms with Gasteiger partial charge in [0.2, 0.25) is 0 Å². The molecule has 0 saturated heterocycles. The SMILES string of the molecule is Cc1cc(NC(=O)COC(=O)c2cc(C)n(Cc3ccco3)c2C)n(-c2ccc(F)cc2)n1. The molecule has 1 amide bonds. The van der Waals surface area contributed by atoms with Gasteiger partial charge in [-0.25, -0.2) is 13.9 Å². The number of rotatable bonds is 7. The third kappa shape index (κ3) is 4.87. The molecule has 3 aromatic heterocycles. The van der Waals surface area contributed by atoms with Gasteiger partial charge in [0.15, 0.2) is 6.61 Å². The van der Waals surface area contributed by atoms with Gasteiger partial charge in [-0.1, -0.05) is 0 Å². The Kier molecular flexibility index (Phi) is 6.12. The van der Waals surface area contributed by atoms with Crippen molar-refractivity contribution in [1.82, 2.24) is 14.3 Å². The summed E-state index contributed by atoms with van der Waals surface area (Å²) in [6.07, 6.45) is 1.60. The molecule has 0 aliphatic carbocycles. The second-order valence-electron chi connectivity index (χ2n) is 7.63. The van der Waals surface area contributed by atoms with Gasteiger partial charge in [-0.3, -0.25) is 4.79 Å². The number of hydrogen-bond donors (Lipinski definition) is 1. The minimum atomic E-state index is -0.591. The van der Waals surface area contributed by atoms with Crippen LogP contribution < -0.4 is 5.32 Å². The standard InChI is InChI=1S/C24H23FN4O4/c1-15-11-22(29(27-15)19-8-6-18(25)7-9-19)26-23(30)14-33-24(31)21-12-16(2)28(17(21)3)13-20-5-4-10-32-20/h4-12H,13-14H2,1-3H3,(H,26,30). The lowest BCUT2D eigenvalue weighted by molar-refractivity contribution is -0.119. The number of aryl methyl sites for hydroxylation is 2. The maximum absolute atomic E-state index is 13.2. The Labute approximate surface area is 189 Å². The van der Waals surface area contributed by atoms with E-state index in [2.05, 4.69) is 10.4 Å². The van der Waals surface area contributed by atoms with Crippen molar-refractivity contribution in [1.29, 1.82) is 0 Å². The second kappa shape index (κ2) is 9.15. The Hall–Kier alpha value is -4.14. The summed E-state index contributed by atoms with van der Waals surface area (Å²) in [5.74, 6) is -0.326. The third-order valence-electron chi connectivity index (χ3n) is 5.19. The van der Waals surface area contributed by atoms with E-state index >= 15 is 0 Å². The molecule has 4 rings (SSSR count). The zero-order chi connectivity index (χ0) is 23.5. The molecule has 3 heterocycles. The molecule has 0 unspecified atom stereocenters. The van der Waals surface area contributed by atoms with Crippen molar-refractivity contribution >= 4 is 17.7 Å². The fraction of sp³-hybridized carbons (Fsp3) is 0.208. The van der Waals surface area contributed by atoms with E-state index in [0.29, 0.717) is 29.3 Å². The summed E-state index contributed by atoms with van der Waals surface area (Å²) < 4.78 is 27.3. The lowest BCUT2D eigenvalue weighted by Gasteiger charge is -2.10. The lowest BCUT2D eigenvalue weighted by Crippen LogP contribution is -2.22. The number of ether oxygens (including phenoxy) is 1. The number of anilines is 1. The van der Waals surface area contributed by atoms with Gasteiger partial charge >= 0.3 is 5.97 Å². The molecule has 0 radical (unpaired) electrons. The van der Waals surface area contributed by atoms with Gasteiger partial charge in [-0.15, -0.1) is 0 Å². The van der Waals surface area contributed by atoms with Crippen LogP contribution in [0.1, 0.15) is 33.2 Å². The number of carbonyl (C=O) groups is 2. The lowest BCUT2D eigenvalue weighted by atomic mass is 10.2. The van der Waals surface area contributed by atoms with Gasteiger partial charge < -0.3 is 19.0 Å². The Balaban J connectivity index is 1.41. The number of amides is 1. The first-order chi connectivity index (χ1) is 15.8. The van der Waals surface area contributed by atoms with E-state index in [1.165, 1.54) is 16.8 Å². The van der Waals surface area contributed by atoms with Crippen LogP contribution in [-0.4, -0.2) is 32.8 Å². The third-order valence-corrected chi connectivity index (χ3v) is 5.19. The molecule has 0 spiro atoms. The van der Waals surface area contributed by atoms with Crippen LogP contribution in [0.4, 0.5) is 10.2 Å². The maximum atomic E-state index is 13.2. The first-order valence-corrected chi connectivity index (χ1v) is 10.3. The molecule has 8 nitrogen and oxygen atoms in total. The van der Waals surface area contributed by atoms with E-state index in [-0.39, 0.29) is 5.82 Å². The van der Waals surface area contributed by atoms with Crippen LogP contribution in [0.15, 0.2) is 59.2 Å². The number of furan rings is 1. The van der Waals surface area contributed by atoms with E-state index in [1.54, 1.807) is 43.5 Å². The van der Waals surface area contributed by atoms with Gasteiger partial charge in [0, 0.05) is 17.5 Å². The van der Waals surface area contributed by atoms with Crippen molar-refractivity contribution in [2.75, 3.05) is 11.9 Å². The summed E-state index contributed by atoms with van der Waals surface area (Å²) in [4.78, 5) is 25.1. The predicted molar refractivity (Wildman–Crippen MR) is 119 cm³/mol. The van der Waals surface area contributed by atoms with Gasteiger partial charge in [0.1, 0.15) is 17.4 Å². The van der Waals surface area contributed by atoms with Gasteiger partial charge in [0.05, 0.1) is 29.8 Å². The molecule has 0 atom stereocenters. The highest BCUT2D eigenvalue weighted by Crippen LogP contribution is 2.20. The molecule has 0 bridgehead atoms. The Morgan fingerprint density at radius 2 is 1.88 bits per heavy atom. The fourth-order valence-electron chi connectivity index (χ4n) is 3.56. The van der Waals surface area contributed by atoms with Crippen molar-refractivity contribution in [3.8, 4) is 5.69 Å². The van der Waals surface area contributed by atoms with E-state index in [9.17, 15) is 14.0 Å². The molecule has 0 aliphatic heterocycles. The van der Waals surface area contributed by atoms with Crippen molar-refractivity contribution < 1.29 is 23.1 Å². The van der Waals surface area contributed by atoms with Crippen LogP contribution in [0.3, 0.4) is 0 Å². The molecule has 0 aliphatic rings.